The van der Waals surface area contributed by atoms with Gasteiger partial charge < -0.3 is 5.32 Å². The highest BCUT2D eigenvalue weighted by Crippen LogP contribution is 2.18. The van der Waals surface area contributed by atoms with E-state index in [0.717, 1.165) is 17.3 Å². The normalized spacial score (nSPS) is 11.1. The summed E-state index contributed by atoms with van der Waals surface area (Å²) in [5.41, 5.74) is 0. The quantitative estimate of drug-likeness (QED) is 0.870. The predicted octanol–water partition coefficient (Wildman–Crippen LogP) is 1.52. The molecule has 0 saturated heterocycles. The van der Waals surface area contributed by atoms with Crippen molar-refractivity contribution in [2.45, 2.75) is 18.2 Å². The molecule has 2 heterocycles. The van der Waals surface area contributed by atoms with E-state index in [4.69, 9.17) is 0 Å². The van der Waals surface area contributed by atoms with E-state index in [2.05, 4.69) is 20.3 Å². The van der Waals surface area contributed by atoms with Gasteiger partial charge in [-0.15, -0.1) is 0 Å². The van der Waals surface area contributed by atoms with Crippen molar-refractivity contribution in [2.24, 2.45) is 0 Å². The van der Waals surface area contributed by atoms with E-state index >= 15 is 0 Å². The van der Waals surface area contributed by atoms with Crippen LogP contribution in [0.3, 0.4) is 0 Å². The molecule has 0 aromatic carbocycles. The Labute approximate surface area is 124 Å². The fourth-order valence-electron chi connectivity index (χ4n) is 1.60. The summed E-state index contributed by atoms with van der Waals surface area (Å²) >= 11 is 0. The summed E-state index contributed by atoms with van der Waals surface area (Å²) in [6.07, 6.45) is 5.06. The highest BCUT2D eigenvalue weighted by atomic mass is 32.2. The first kappa shape index (κ1) is 15.2. The number of anilines is 2. The van der Waals surface area contributed by atoms with Gasteiger partial charge in [0.1, 0.15) is 10.7 Å². The molecule has 0 spiro atoms. The first-order valence-corrected chi connectivity index (χ1v) is 7.95. The minimum absolute atomic E-state index is 0.0256. The van der Waals surface area contributed by atoms with Crippen LogP contribution in [-0.4, -0.2) is 37.0 Å². The highest BCUT2D eigenvalue weighted by Gasteiger charge is 2.22. The Morgan fingerprint density at radius 2 is 1.90 bits per heavy atom. The molecule has 0 atom stereocenters. The van der Waals surface area contributed by atoms with Gasteiger partial charge in [0.05, 0.1) is 12.4 Å². The minimum Gasteiger partial charge on any atom is -0.354 e. The highest BCUT2D eigenvalue weighted by molar-refractivity contribution is 7.92. The lowest BCUT2D eigenvalue weighted by Gasteiger charge is -2.17. The second-order valence-electron chi connectivity index (χ2n) is 4.33. The maximum atomic E-state index is 12.4. The van der Waals surface area contributed by atoms with Crippen LogP contribution in [0.2, 0.25) is 0 Å². The summed E-state index contributed by atoms with van der Waals surface area (Å²) in [5, 5.41) is 2.99. The third-order valence-electron chi connectivity index (χ3n) is 2.79. The summed E-state index contributed by atoms with van der Waals surface area (Å²) in [5.74, 6) is 0.752. The van der Waals surface area contributed by atoms with Gasteiger partial charge in [-0.2, -0.15) is 0 Å². The number of sulfonamides is 1. The minimum atomic E-state index is -3.71. The van der Waals surface area contributed by atoms with E-state index in [1.807, 2.05) is 6.92 Å². The second-order valence-corrected chi connectivity index (χ2v) is 6.30. The lowest BCUT2D eigenvalue weighted by Crippen LogP contribution is -2.27. The molecule has 0 saturated carbocycles. The Balaban J connectivity index is 2.23. The van der Waals surface area contributed by atoms with Gasteiger partial charge in [-0.1, -0.05) is 13.0 Å². The Bertz CT molecular complexity index is 673. The molecule has 0 aliphatic heterocycles. The average Bonchev–Trinajstić information content (AvgIpc) is 2.53. The van der Waals surface area contributed by atoms with Gasteiger partial charge >= 0.3 is 0 Å². The molecule has 112 valence electrons. The van der Waals surface area contributed by atoms with Crippen LogP contribution in [0.4, 0.5) is 11.8 Å². The summed E-state index contributed by atoms with van der Waals surface area (Å²) in [7, 11) is -2.27. The van der Waals surface area contributed by atoms with Crippen LogP contribution in [0.25, 0.3) is 0 Å². The standard InChI is InChI=1S/C13H17N5O2S/c1-3-7-15-13-16-9-11(10-17-13)21(19,20)18(2)12-6-4-5-8-14-12/h4-6,8-10H,3,7H2,1-2H3,(H,15,16,17). The molecule has 0 radical (unpaired) electrons. The Morgan fingerprint density at radius 1 is 1.19 bits per heavy atom. The molecule has 1 N–H and O–H groups in total. The van der Waals surface area contributed by atoms with Crippen LogP contribution in [0.1, 0.15) is 13.3 Å². The zero-order chi connectivity index (χ0) is 15.3. The SMILES string of the molecule is CCCNc1ncc(S(=O)(=O)N(C)c2ccccn2)cn1. The average molecular weight is 307 g/mol. The number of pyridine rings is 1. The van der Waals surface area contributed by atoms with E-state index in [9.17, 15) is 8.42 Å². The smallest absolute Gasteiger partial charge is 0.268 e. The van der Waals surface area contributed by atoms with Crippen molar-refractivity contribution in [3.8, 4) is 0 Å². The fraction of sp³-hybridized carbons (Fsp3) is 0.308. The monoisotopic (exact) mass is 307 g/mol. The largest absolute Gasteiger partial charge is 0.354 e. The van der Waals surface area contributed by atoms with E-state index in [1.165, 1.54) is 25.6 Å². The zero-order valence-corrected chi connectivity index (χ0v) is 12.7. The van der Waals surface area contributed by atoms with Crippen LogP contribution in [0.5, 0.6) is 0 Å². The third kappa shape index (κ3) is 3.46. The third-order valence-corrected chi connectivity index (χ3v) is 4.51. The van der Waals surface area contributed by atoms with Gasteiger partial charge in [0.2, 0.25) is 5.95 Å². The van der Waals surface area contributed by atoms with Crippen molar-refractivity contribution in [1.82, 2.24) is 15.0 Å². The summed E-state index contributed by atoms with van der Waals surface area (Å²) < 4.78 is 26.0. The molecule has 8 heteroatoms. The molecule has 2 aromatic rings. The number of aromatic nitrogens is 3. The van der Waals surface area contributed by atoms with E-state index in [1.54, 1.807) is 18.2 Å². The number of nitrogens with one attached hydrogen (secondary N) is 1. The van der Waals surface area contributed by atoms with E-state index in [-0.39, 0.29) is 4.90 Å². The fourth-order valence-corrected chi connectivity index (χ4v) is 2.64. The van der Waals surface area contributed by atoms with Crippen LogP contribution in [-0.2, 0) is 10.0 Å². The van der Waals surface area contributed by atoms with Crippen molar-refractivity contribution < 1.29 is 8.42 Å². The lowest BCUT2D eigenvalue weighted by atomic mass is 10.5. The summed E-state index contributed by atoms with van der Waals surface area (Å²) in [4.78, 5) is 12.1. The Morgan fingerprint density at radius 3 is 2.48 bits per heavy atom. The van der Waals surface area contributed by atoms with Gasteiger partial charge in [-0.25, -0.2) is 23.4 Å². The van der Waals surface area contributed by atoms with Gasteiger partial charge in [-0.05, 0) is 18.6 Å². The first-order chi connectivity index (χ1) is 10.1. The molecule has 21 heavy (non-hydrogen) atoms. The first-order valence-electron chi connectivity index (χ1n) is 6.51. The van der Waals surface area contributed by atoms with Crippen molar-refractivity contribution in [3.05, 3.63) is 36.8 Å². The molecular formula is C13H17N5O2S. The topological polar surface area (TPSA) is 88.1 Å². The van der Waals surface area contributed by atoms with Crippen molar-refractivity contribution >= 4 is 21.8 Å². The number of rotatable bonds is 6. The van der Waals surface area contributed by atoms with Gasteiger partial charge in [0, 0.05) is 19.8 Å². The Kier molecular flexibility index (Phi) is 4.69. The molecule has 7 nitrogen and oxygen atoms in total. The van der Waals surface area contributed by atoms with E-state index in [0.29, 0.717) is 11.8 Å². The van der Waals surface area contributed by atoms with Crippen molar-refractivity contribution in [2.75, 3.05) is 23.2 Å². The van der Waals surface area contributed by atoms with Crippen LogP contribution >= 0.6 is 0 Å². The maximum Gasteiger partial charge on any atom is 0.268 e. The van der Waals surface area contributed by atoms with Crippen molar-refractivity contribution in [1.29, 1.82) is 0 Å². The van der Waals surface area contributed by atoms with Gasteiger partial charge in [-0.3, -0.25) is 4.31 Å². The molecule has 0 aliphatic rings. The van der Waals surface area contributed by atoms with Crippen LogP contribution in [0.15, 0.2) is 41.7 Å². The summed E-state index contributed by atoms with van der Waals surface area (Å²) in [6.45, 7) is 2.76. The molecule has 0 amide bonds. The maximum absolute atomic E-state index is 12.4. The predicted molar refractivity (Wildman–Crippen MR) is 80.6 cm³/mol. The lowest BCUT2D eigenvalue weighted by molar-refractivity contribution is 0.593. The van der Waals surface area contributed by atoms with E-state index < -0.39 is 10.0 Å². The van der Waals surface area contributed by atoms with Gasteiger partial charge in [0.25, 0.3) is 10.0 Å². The number of hydrogen-bond acceptors (Lipinski definition) is 6. The Hall–Kier alpha value is -2.22. The zero-order valence-electron chi connectivity index (χ0n) is 11.9. The molecule has 2 aromatic heterocycles. The number of nitrogens with zero attached hydrogens (tertiary/aromatic N) is 4. The molecule has 2 rings (SSSR count). The van der Waals surface area contributed by atoms with Crippen LogP contribution in [0, 0.1) is 0 Å². The molecular weight excluding hydrogens is 290 g/mol. The molecule has 0 unspecified atom stereocenters. The van der Waals surface area contributed by atoms with Crippen molar-refractivity contribution in [3.63, 3.8) is 0 Å². The second kappa shape index (κ2) is 6.49. The molecule has 0 fully saturated rings. The number of hydrogen-bond donors (Lipinski definition) is 1. The molecule has 0 aliphatic carbocycles. The molecule has 0 bridgehead atoms. The van der Waals surface area contributed by atoms with Crippen LogP contribution < -0.4 is 9.62 Å². The van der Waals surface area contributed by atoms with Gasteiger partial charge in [0.15, 0.2) is 0 Å². The summed E-state index contributed by atoms with van der Waals surface area (Å²) in [6, 6.07) is 5.07.